The first kappa shape index (κ1) is 13.3. The van der Waals surface area contributed by atoms with Gasteiger partial charge in [-0.1, -0.05) is 0 Å². The van der Waals surface area contributed by atoms with E-state index in [1.807, 2.05) is 24.9 Å². The zero-order chi connectivity index (χ0) is 13.1. The van der Waals surface area contributed by atoms with Gasteiger partial charge in [0.15, 0.2) is 0 Å². The molecule has 5 nitrogen and oxygen atoms in total. The van der Waals surface area contributed by atoms with Crippen LogP contribution in [-0.2, 0) is 4.79 Å². The van der Waals surface area contributed by atoms with Gasteiger partial charge in [0, 0.05) is 25.6 Å². The Kier molecular flexibility index (Phi) is 4.16. The Labute approximate surface area is 115 Å². The van der Waals surface area contributed by atoms with E-state index in [1.165, 1.54) is 0 Å². The van der Waals surface area contributed by atoms with Crippen LogP contribution in [0.25, 0.3) is 0 Å². The molecule has 1 N–H and O–H groups in total. The number of anilines is 1. The Hall–Kier alpha value is -1.17. The van der Waals surface area contributed by atoms with E-state index in [2.05, 4.69) is 31.2 Å². The Morgan fingerprint density at radius 1 is 1.56 bits per heavy atom. The van der Waals surface area contributed by atoms with E-state index in [0.29, 0.717) is 19.0 Å². The number of hydrogen-bond donors (Lipinski definition) is 1. The van der Waals surface area contributed by atoms with Crippen molar-refractivity contribution in [1.29, 1.82) is 0 Å². The molecule has 1 aromatic rings. The maximum Gasteiger partial charge on any atom is 0.239 e. The van der Waals surface area contributed by atoms with Gasteiger partial charge in [-0.15, -0.1) is 0 Å². The summed E-state index contributed by atoms with van der Waals surface area (Å²) >= 11 is 3.40. The first-order valence-electron chi connectivity index (χ1n) is 6.12. The topological polar surface area (TPSA) is 58.1 Å². The van der Waals surface area contributed by atoms with Crippen molar-refractivity contribution in [3.8, 4) is 0 Å². The molecule has 18 heavy (non-hydrogen) atoms. The normalized spacial score (nSPS) is 14.4. The summed E-state index contributed by atoms with van der Waals surface area (Å²) in [5.41, 5.74) is 0. The summed E-state index contributed by atoms with van der Waals surface area (Å²) in [4.78, 5) is 22.3. The van der Waals surface area contributed by atoms with E-state index in [0.717, 1.165) is 29.1 Å². The molecule has 1 heterocycles. The maximum atomic E-state index is 11.5. The lowest BCUT2D eigenvalue weighted by Crippen LogP contribution is -2.35. The molecular weight excluding hydrogens is 296 g/mol. The monoisotopic (exact) mass is 312 g/mol. The average Bonchev–Trinajstić information content (AvgIpc) is 3.12. The number of rotatable bonds is 5. The average molecular weight is 313 g/mol. The zero-order valence-electron chi connectivity index (χ0n) is 10.6. The molecule has 0 bridgehead atoms. The lowest BCUT2D eigenvalue weighted by atomic mass is 10.4. The van der Waals surface area contributed by atoms with Crippen LogP contribution < -0.4 is 10.2 Å². The first-order valence-corrected chi connectivity index (χ1v) is 6.91. The highest BCUT2D eigenvalue weighted by Gasteiger charge is 2.27. The van der Waals surface area contributed by atoms with Crippen molar-refractivity contribution in [2.45, 2.75) is 25.7 Å². The second-order valence-electron chi connectivity index (χ2n) is 4.49. The predicted octanol–water partition coefficient (Wildman–Crippen LogP) is 1.69. The highest BCUT2D eigenvalue weighted by molar-refractivity contribution is 9.10. The quantitative estimate of drug-likeness (QED) is 0.841. The molecule has 2 rings (SSSR count). The Morgan fingerprint density at radius 3 is 2.89 bits per heavy atom. The molecule has 1 aliphatic rings. The van der Waals surface area contributed by atoms with Gasteiger partial charge < -0.3 is 10.2 Å². The van der Waals surface area contributed by atoms with E-state index >= 15 is 0 Å². The molecule has 98 valence electrons. The summed E-state index contributed by atoms with van der Waals surface area (Å²) in [7, 11) is 1.86. The summed E-state index contributed by atoms with van der Waals surface area (Å²) in [6.07, 6.45) is 2.33. The van der Waals surface area contributed by atoms with Crippen LogP contribution in [-0.4, -0.2) is 36.0 Å². The minimum Gasteiger partial charge on any atom is -0.355 e. The van der Waals surface area contributed by atoms with Crippen LogP contribution in [0.15, 0.2) is 10.7 Å². The van der Waals surface area contributed by atoms with Crippen molar-refractivity contribution in [2.75, 3.05) is 25.0 Å². The van der Waals surface area contributed by atoms with Gasteiger partial charge in [-0.25, -0.2) is 9.97 Å². The minimum absolute atomic E-state index is 0.00251. The zero-order valence-corrected chi connectivity index (χ0v) is 12.2. The largest absolute Gasteiger partial charge is 0.355 e. The smallest absolute Gasteiger partial charge is 0.239 e. The second kappa shape index (κ2) is 5.65. The first-order chi connectivity index (χ1) is 8.60. The molecule has 1 aliphatic carbocycles. The van der Waals surface area contributed by atoms with Crippen molar-refractivity contribution in [3.05, 3.63) is 16.5 Å². The van der Waals surface area contributed by atoms with Gasteiger partial charge in [-0.3, -0.25) is 4.79 Å². The van der Waals surface area contributed by atoms with Crippen molar-refractivity contribution < 1.29 is 4.79 Å². The molecule has 0 aromatic carbocycles. The highest BCUT2D eigenvalue weighted by Crippen LogP contribution is 2.39. The van der Waals surface area contributed by atoms with Crippen LogP contribution in [0, 0.1) is 0 Å². The predicted molar refractivity (Wildman–Crippen MR) is 73.7 cm³/mol. The Balaban J connectivity index is 2.09. The number of likely N-dealkylation sites (N-methyl/N-ethyl adjacent to an activating group) is 2. The van der Waals surface area contributed by atoms with Crippen LogP contribution >= 0.6 is 15.9 Å². The van der Waals surface area contributed by atoms with Crippen molar-refractivity contribution in [1.82, 2.24) is 15.3 Å². The fraction of sp³-hybridized carbons (Fsp3) is 0.583. The van der Waals surface area contributed by atoms with Crippen molar-refractivity contribution in [3.63, 3.8) is 0 Å². The molecule has 1 saturated carbocycles. The molecule has 0 saturated heterocycles. The van der Waals surface area contributed by atoms with E-state index in [-0.39, 0.29) is 5.91 Å². The summed E-state index contributed by atoms with van der Waals surface area (Å²) in [6, 6.07) is 1.84. The summed E-state index contributed by atoms with van der Waals surface area (Å²) in [5.74, 6) is 2.16. The van der Waals surface area contributed by atoms with E-state index in [4.69, 9.17) is 0 Å². The molecule has 0 spiro atoms. The number of hydrogen-bond acceptors (Lipinski definition) is 4. The van der Waals surface area contributed by atoms with Crippen molar-refractivity contribution in [2.24, 2.45) is 0 Å². The van der Waals surface area contributed by atoms with Gasteiger partial charge in [0.05, 0.1) is 6.54 Å². The number of nitrogens with one attached hydrogen (secondary N) is 1. The fourth-order valence-electron chi connectivity index (χ4n) is 1.69. The number of carbonyl (C=O) groups excluding carboxylic acids is 1. The number of nitrogens with zero attached hydrogens (tertiary/aromatic N) is 3. The summed E-state index contributed by atoms with van der Waals surface area (Å²) in [5, 5.41) is 2.77. The van der Waals surface area contributed by atoms with Crippen LogP contribution in [0.1, 0.15) is 31.5 Å². The lowest BCUT2D eigenvalue weighted by molar-refractivity contribution is -0.119. The molecule has 1 amide bonds. The van der Waals surface area contributed by atoms with Gasteiger partial charge >= 0.3 is 0 Å². The van der Waals surface area contributed by atoms with Crippen LogP contribution in [0.3, 0.4) is 0 Å². The van der Waals surface area contributed by atoms with Gasteiger partial charge in [0.2, 0.25) is 5.91 Å². The maximum absolute atomic E-state index is 11.5. The molecule has 0 unspecified atom stereocenters. The third kappa shape index (κ3) is 3.41. The molecule has 1 aromatic heterocycles. The number of aromatic nitrogens is 2. The molecule has 1 fully saturated rings. The van der Waals surface area contributed by atoms with Crippen molar-refractivity contribution >= 4 is 27.7 Å². The third-order valence-electron chi connectivity index (χ3n) is 2.79. The van der Waals surface area contributed by atoms with E-state index < -0.39 is 0 Å². The fourth-order valence-corrected chi connectivity index (χ4v) is 2.08. The van der Waals surface area contributed by atoms with Crippen LogP contribution in [0.4, 0.5) is 5.82 Å². The number of amides is 1. The Bertz CT molecular complexity index is 448. The molecule has 0 radical (unpaired) electrons. The van der Waals surface area contributed by atoms with E-state index in [1.54, 1.807) is 0 Å². The molecular formula is C12H17BrN4O. The SMILES string of the molecule is CCNC(=O)CN(C)c1cc(Br)nc(C2CC2)n1. The summed E-state index contributed by atoms with van der Waals surface area (Å²) < 4.78 is 0.775. The van der Waals surface area contributed by atoms with E-state index in [9.17, 15) is 4.79 Å². The second-order valence-corrected chi connectivity index (χ2v) is 5.30. The van der Waals surface area contributed by atoms with Crippen LogP contribution in [0.2, 0.25) is 0 Å². The molecule has 0 aliphatic heterocycles. The molecule has 0 atom stereocenters. The van der Waals surface area contributed by atoms with Gasteiger partial charge in [-0.05, 0) is 35.7 Å². The summed E-state index contributed by atoms with van der Waals surface area (Å²) in [6.45, 7) is 2.86. The van der Waals surface area contributed by atoms with Crippen LogP contribution in [0.5, 0.6) is 0 Å². The lowest BCUT2D eigenvalue weighted by Gasteiger charge is -2.18. The Morgan fingerprint density at radius 2 is 2.28 bits per heavy atom. The van der Waals surface area contributed by atoms with Gasteiger partial charge in [-0.2, -0.15) is 0 Å². The molecule has 6 heteroatoms. The van der Waals surface area contributed by atoms with Gasteiger partial charge in [0.1, 0.15) is 16.2 Å². The number of halogens is 1. The third-order valence-corrected chi connectivity index (χ3v) is 3.19. The minimum atomic E-state index is 0.00251. The standard InChI is InChI=1S/C12H17BrN4O/c1-3-14-11(18)7-17(2)10-6-9(13)15-12(16-10)8-4-5-8/h6,8H,3-5,7H2,1-2H3,(H,14,18). The number of carbonyl (C=O) groups is 1. The highest BCUT2D eigenvalue weighted by atomic mass is 79.9. The van der Waals surface area contributed by atoms with Gasteiger partial charge in [0.25, 0.3) is 0 Å².